The van der Waals surface area contributed by atoms with Crippen molar-refractivity contribution in [2.45, 2.75) is 5.41 Å². The van der Waals surface area contributed by atoms with E-state index in [0.717, 1.165) is 15.6 Å². The topological polar surface area (TPSA) is 13.1 Å². The quantitative estimate of drug-likeness (QED) is 0.298. The zero-order chi connectivity index (χ0) is 18.0. The number of hydrogen-bond acceptors (Lipinski definition) is 1. The molecule has 128 valence electrons. The van der Waals surface area contributed by atoms with Crippen LogP contribution < -0.4 is 0 Å². The second-order valence-corrected chi connectivity index (χ2v) is 8.00. The van der Waals surface area contributed by atoms with Gasteiger partial charge in [-0.1, -0.05) is 82.7 Å². The van der Waals surface area contributed by atoms with Gasteiger partial charge in [0.15, 0.2) is 0 Å². The highest BCUT2D eigenvalue weighted by molar-refractivity contribution is 9.10. The van der Waals surface area contributed by atoms with Crippen LogP contribution in [-0.2, 0) is 5.41 Å². The SMILES string of the molecule is Brc1cccc(C2(c3ccccc3)c3cccc4oc5cccc2c5c34)c1. The summed E-state index contributed by atoms with van der Waals surface area (Å²) in [4.78, 5) is 0. The molecular formula is C25H15BrO. The highest BCUT2D eigenvalue weighted by atomic mass is 79.9. The van der Waals surface area contributed by atoms with Crippen LogP contribution in [-0.4, -0.2) is 0 Å². The van der Waals surface area contributed by atoms with Gasteiger partial charge < -0.3 is 4.42 Å². The summed E-state index contributed by atoms with van der Waals surface area (Å²) in [6.07, 6.45) is 0. The lowest BCUT2D eigenvalue weighted by molar-refractivity contribution is 0.663. The van der Waals surface area contributed by atoms with Crippen molar-refractivity contribution in [1.82, 2.24) is 0 Å². The molecular weight excluding hydrogens is 396 g/mol. The van der Waals surface area contributed by atoms with Gasteiger partial charge in [0.05, 0.1) is 5.41 Å². The van der Waals surface area contributed by atoms with Crippen molar-refractivity contribution in [3.8, 4) is 0 Å². The van der Waals surface area contributed by atoms with Gasteiger partial charge in [-0.05, 0) is 46.5 Å². The Bertz CT molecular complexity index is 1270. The molecule has 0 bridgehead atoms. The maximum Gasteiger partial charge on any atom is 0.135 e. The van der Waals surface area contributed by atoms with Crippen LogP contribution in [0.1, 0.15) is 22.3 Å². The van der Waals surface area contributed by atoms with E-state index >= 15 is 0 Å². The van der Waals surface area contributed by atoms with Gasteiger partial charge in [-0.15, -0.1) is 0 Å². The molecule has 0 spiro atoms. The van der Waals surface area contributed by atoms with Crippen LogP contribution in [0.25, 0.3) is 21.9 Å². The second-order valence-electron chi connectivity index (χ2n) is 7.09. The third-order valence-corrected chi connectivity index (χ3v) is 6.29. The van der Waals surface area contributed by atoms with Crippen LogP contribution >= 0.6 is 15.9 Å². The van der Waals surface area contributed by atoms with Gasteiger partial charge >= 0.3 is 0 Å². The fourth-order valence-electron chi connectivity index (χ4n) is 4.84. The zero-order valence-electron chi connectivity index (χ0n) is 14.4. The Hall–Kier alpha value is -2.84. The van der Waals surface area contributed by atoms with Crippen molar-refractivity contribution in [2.75, 3.05) is 0 Å². The van der Waals surface area contributed by atoms with Gasteiger partial charge in [-0.2, -0.15) is 0 Å². The number of rotatable bonds is 2. The lowest BCUT2D eigenvalue weighted by Crippen LogP contribution is -2.28. The second kappa shape index (κ2) is 5.34. The van der Waals surface area contributed by atoms with Gasteiger partial charge in [-0.3, -0.25) is 0 Å². The summed E-state index contributed by atoms with van der Waals surface area (Å²) < 4.78 is 7.24. The van der Waals surface area contributed by atoms with E-state index in [1.165, 1.54) is 33.0 Å². The van der Waals surface area contributed by atoms with Crippen molar-refractivity contribution in [1.29, 1.82) is 0 Å². The molecule has 0 unspecified atom stereocenters. The summed E-state index contributed by atoms with van der Waals surface area (Å²) in [5, 5.41) is 2.49. The Kier molecular flexibility index (Phi) is 3.01. The van der Waals surface area contributed by atoms with E-state index in [1.807, 2.05) is 0 Å². The normalized spacial score (nSPS) is 14.4. The molecule has 1 aromatic heterocycles. The van der Waals surface area contributed by atoms with E-state index in [0.29, 0.717) is 0 Å². The summed E-state index contributed by atoms with van der Waals surface area (Å²) in [6, 6.07) is 32.4. The highest BCUT2D eigenvalue weighted by Gasteiger charge is 2.46. The molecule has 5 aromatic rings. The van der Waals surface area contributed by atoms with Crippen LogP contribution in [0.3, 0.4) is 0 Å². The van der Waals surface area contributed by atoms with E-state index in [4.69, 9.17) is 4.42 Å². The van der Waals surface area contributed by atoms with E-state index < -0.39 is 0 Å². The first-order chi connectivity index (χ1) is 13.3. The van der Waals surface area contributed by atoms with E-state index in [2.05, 4.69) is 107 Å². The molecule has 1 aliphatic rings. The molecule has 0 saturated carbocycles. The van der Waals surface area contributed by atoms with E-state index in [9.17, 15) is 0 Å². The lowest BCUT2D eigenvalue weighted by atomic mass is 9.67. The predicted octanol–water partition coefficient (Wildman–Crippen LogP) is 7.04. The van der Waals surface area contributed by atoms with Gasteiger partial charge in [0.2, 0.25) is 0 Å². The van der Waals surface area contributed by atoms with Crippen molar-refractivity contribution in [3.05, 3.63) is 118 Å². The van der Waals surface area contributed by atoms with Crippen molar-refractivity contribution >= 4 is 37.9 Å². The molecule has 6 rings (SSSR count). The monoisotopic (exact) mass is 410 g/mol. The summed E-state index contributed by atoms with van der Waals surface area (Å²) in [5.74, 6) is 0. The standard InChI is InChI=1S/C25H15BrO/c26-18-10-4-9-17(15-18)25(16-7-2-1-3-8-16)19-11-5-13-21-23(19)24-20(25)12-6-14-22(24)27-21/h1-15H. The Morgan fingerprint density at radius 2 is 1.19 bits per heavy atom. The van der Waals surface area contributed by atoms with E-state index in [-0.39, 0.29) is 5.41 Å². The third kappa shape index (κ3) is 1.84. The molecule has 1 nitrogen and oxygen atoms in total. The Balaban J connectivity index is 1.87. The first kappa shape index (κ1) is 15.2. The van der Waals surface area contributed by atoms with Crippen LogP contribution in [0.15, 0.2) is 99.9 Å². The van der Waals surface area contributed by atoms with Crippen molar-refractivity contribution < 1.29 is 4.42 Å². The van der Waals surface area contributed by atoms with Gasteiger partial charge in [-0.25, -0.2) is 0 Å². The molecule has 4 aromatic carbocycles. The summed E-state index contributed by atoms with van der Waals surface area (Å²) >= 11 is 3.69. The maximum absolute atomic E-state index is 6.15. The fraction of sp³-hybridized carbons (Fsp3) is 0.0400. The van der Waals surface area contributed by atoms with Crippen molar-refractivity contribution in [2.24, 2.45) is 0 Å². The van der Waals surface area contributed by atoms with Gasteiger partial charge in [0.1, 0.15) is 11.2 Å². The number of benzene rings is 4. The number of furan rings is 1. The first-order valence-corrected chi connectivity index (χ1v) is 9.86. The fourth-order valence-corrected chi connectivity index (χ4v) is 5.23. The zero-order valence-corrected chi connectivity index (χ0v) is 16.0. The highest BCUT2D eigenvalue weighted by Crippen LogP contribution is 2.56. The third-order valence-electron chi connectivity index (χ3n) is 5.79. The molecule has 0 amide bonds. The maximum atomic E-state index is 6.15. The largest absolute Gasteiger partial charge is 0.456 e. The minimum Gasteiger partial charge on any atom is -0.456 e. The molecule has 0 aliphatic heterocycles. The minimum absolute atomic E-state index is 0.342. The average molecular weight is 411 g/mol. The van der Waals surface area contributed by atoms with Crippen LogP contribution in [0.5, 0.6) is 0 Å². The minimum atomic E-state index is -0.342. The number of halogens is 1. The summed E-state index contributed by atoms with van der Waals surface area (Å²) in [7, 11) is 0. The molecule has 0 atom stereocenters. The molecule has 27 heavy (non-hydrogen) atoms. The molecule has 1 heterocycles. The molecule has 1 aliphatic carbocycles. The Morgan fingerprint density at radius 1 is 0.593 bits per heavy atom. The molecule has 0 fully saturated rings. The molecule has 0 N–H and O–H groups in total. The van der Waals surface area contributed by atoms with Crippen molar-refractivity contribution in [3.63, 3.8) is 0 Å². The number of hydrogen-bond donors (Lipinski definition) is 0. The lowest BCUT2D eigenvalue weighted by Gasteiger charge is -2.34. The Labute approximate surface area is 165 Å². The summed E-state index contributed by atoms with van der Waals surface area (Å²) in [6.45, 7) is 0. The molecule has 0 radical (unpaired) electrons. The predicted molar refractivity (Wildman–Crippen MR) is 113 cm³/mol. The first-order valence-electron chi connectivity index (χ1n) is 9.07. The Morgan fingerprint density at radius 3 is 1.81 bits per heavy atom. The average Bonchev–Trinajstić information content (AvgIpc) is 3.24. The van der Waals surface area contributed by atoms with Crippen LogP contribution in [0, 0.1) is 0 Å². The van der Waals surface area contributed by atoms with E-state index in [1.54, 1.807) is 0 Å². The summed E-state index contributed by atoms with van der Waals surface area (Å²) in [5.41, 5.74) is 6.71. The van der Waals surface area contributed by atoms with Gasteiger partial charge in [0.25, 0.3) is 0 Å². The molecule has 2 heteroatoms. The van der Waals surface area contributed by atoms with Gasteiger partial charge in [0, 0.05) is 15.2 Å². The van der Waals surface area contributed by atoms with Crippen LogP contribution in [0.2, 0.25) is 0 Å². The smallest absolute Gasteiger partial charge is 0.135 e. The molecule has 0 saturated heterocycles. The van der Waals surface area contributed by atoms with Crippen LogP contribution in [0.4, 0.5) is 0 Å².